The Morgan fingerprint density at radius 1 is 1.47 bits per heavy atom. The minimum Gasteiger partial charge on any atom is -0.348 e. The summed E-state index contributed by atoms with van der Waals surface area (Å²) in [6.07, 6.45) is 3.04. The summed E-state index contributed by atoms with van der Waals surface area (Å²) in [6, 6.07) is 4.15. The van der Waals surface area contributed by atoms with Gasteiger partial charge in [0.2, 0.25) is 0 Å². The molecule has 2 rings (SSSR count). The number of carbonyl (C=O) groups is 1. The van der Waals surface area contributed by atoms with Crippen LogP contribution in [0.5, 0.6) is 0 Å². The Hall–Kier alpha value is -0.610. The molecule has 2 unspecified atom stereocenters. The molecule has 17 heavy (non-hydrogen) atoms. The van der Waals surface area contributed by atoms with Crippen molar-refractivity contribution in [1.29, 1.82) is 0 Å². The summed E-state index contributed by atoms with van der Waals surface area (Å²) in [6.45, 7) is 0. The van der Waals surface area contributed by atoms with E-state index in [1.165, 1.54) is 12.1 Å². The predicted octanol–water partition coefficient (Wildman–Crippen LogP) is 3.52. The highest BCUT2D eigenvalue weighted by Gasteiger charge is 2.27. The molecule has 0 aromatic heterocycles. The van der Waals surface area contributed by atoms with Crippen LogP contribution in [0.15, 0.2) is 18.2 Å². The summed E-state index contributed by atoms with van der Waals surface area (Å²) in [5.41, 5.74) is 0.0426. The molecule has 1 aliphatic rings. The summed E-state index contributed by atoms with van der Waals surface area (Å²) in [5, 5.41) is 3.13. The molecule has 1 aromatic rings. The van der Waals surface area contributed by atoms with Gasteiger partial charge in [0, 0.05) is 15.9 Å². The number of hydrogen-bond acceptors (Lipinski definition) is 1. The van der Waals surface area contributed by atoms with Crippen LogP contribution in [0.4, 0.5) is 4.39 Å². The molecule has 0 spiro atoms. The van der Waals surface area contributed by atoms with Gasteiger partial charge in [-0.15, -0.1) is 0 Å². The van der Waals surface area contributed by atoms with Gasteiger partial charge in [-0.1, -0.05) is 34.0 Å². The maximum atomic E-state index is 13.5. The van der Waals surface area contributed by atoms with E-state index in [1.807, 2.05) is 0 Å². The summed E-state index contributed by atoms with van der Waals surface area (Å²) >= 11 is 9.14. The van der Waals surface area contributed by atoms with E-state index in [4.69, 9.17) is 11.6 Å². The molecular formula is C12H12BrClFNO. The molecule has 0 heterocycles. The van der Waals surface area contributed by atoms with Gasteiger partial charge in [-0.3, -0.25) is 4.79 Å². The quantitative estimate of drug-likeness (QED) is 0.830. The van der Waals surface area contributed by atoms with Crippen LogP contribution in [-0.4, -0.2) is 16.8 Å². The minimum atomic E-state index is -0.584. The minimum absolute atomic E-state index is 0.0426. The third-order valence-corrected chi connectivity index (χ3v) is 4.25. The molecule has 1 fully saturated rings. The molecular weight excluding hydrogens is 308 g/mol. The lowest BCUT2D eigenvalue weighted by atomic mass is 10.1. The van der Waals surface area contributed by atoms with Gasteiger partial charge in [0.1, 0.15) is 5.82 Å². The van der Waals surface area contributed by atoms with Crippen molar-refractivity contribution < 1.29 is 9.18 Å². The fourth-order valence-electron chi connectivity index (χ4n) is 2.00. The normalized spacial score (nSPS) is 23.7. The van der Waals surface area contributed by atoms with Gasteiger partial charge in [0.15, 0.2) is 0 Å². The van der Waals surface area contributed by atoms with Gasteiger partial charge in [-0.05, 0) is 31.0 Å². The summed E-state index contributed by atoms with van der Waals surface area (Å²) in [5.74, 6) is -0.963. The number of rotatable bonds is 2. The Bertz CT molecular complexity index is 441. The van der Waals surface area contributed by atoms with Gasteiger partial charge < -0.3 is 5.32 Å². The number of nitrogens with one attached hydrogen (secondary N) is 1. The smallest absolute Gasteiger partial charge is 0.254 e. The van der Waals surface area contributed by atoms with Crippen molar-refractivity contribution >= 4 is 33.4 Å². The van der Waals surface area contributed by atoms with Gasteiger partial charge in [-0.25, -0.2) is 4.39 Å². The first kappa shape index (κ1) is 12.8. The molecule has 2 atom stereocenters. The van der Waals surface area contributed by atoms with Crippen LogP contribution in [-0.2, 0) is 0 Å². The van der Waals surface area contributed by atoms with E-state index in [-0.39, 0.29) is 22.3 Å². The molecule has 0 saturated heterocycles. The number of benzene rings is 1. The lowest BCUT2D eigenvalue weighted by molar-refractivity contribution is 0.0935. The molecule has 92 valence electrons. The largest absolute Gasteiger partial charge is 0.348 e. The van der Waals surface area contributed by atoms with Crippen LogP contribution in [0.2, 0.25) is 5.02 Å². The van der Waals surface area contributed by atoms with E-state index in [2.05, 4.69) is 21.2 Å². The van der Waals surface area contributed by atoms with Crippen LogP contribution in [0.1, 0.15) is 29.6 Å². The Morgan fingerprint density at radius 3 is 2.82 bits per heavy atom. The molecule has 1 aromatic carbocycles. The maximum Gasteiger partial charge on any atom is 0.254 e. The number of halogens is 3. The molecule has 1 aliphatic carbocycles. The van der Waals surface area contributed by atoms with E-state index in [0.29, 0.717) is 5.02 Å². The van der Waals surface area contributed by atoms with Crippen molar-refractivity contribution in [1.82, 2.24) is 5.32 Å². The number of amides is 1. The Kier molecular flexibility index (Phi) is 4.05. The summed E-state index contributed by atoms with van der Waals surface area (Å²) in [4.78, 5) is 12.1. The zero-order valence-electron chi connectivity index (χ0n) is 9.05. The van der Waals surface area contributed by atoms with Gasteiger partial charge in [0.25, 0.3) is 5.91 Å². The van der Waals surface area contributed by atoms with E-state index >= 15 is 0 Å². The van der Waals surface area contributed by atoms with Gasteiger partial charge in [0.05, 0.1) is 5.56 Å². The topological polar surface area (TPSA) is 29.1 Å². The molecule has 0 radical (unpaired) electrons. The Balaban J connectivity index is 2.09. The zero-order chi connectivity index (χ0) is 12.4. The highest BCUT2D eigenvalue weighted by atomic mass is 79.9. The second-order valence-corrected chi connectivity index (χ2v) is 5.76. The monoisotopic (exact) mass is 319 g/mol. The average molecular weight is 321 g/mol. The fraction of sp³-hybridized carbons (Fsp3) is 0.417. The molecule has 1 saturated carbocycles. The average Bonchev–Trinajstić information content (AvgIpc) is 2.64. The van der Waals surface area contributed by atoms with Crippen LogP contribution >= 0.6 is 27.5 Å². The van der Waals surface area contributed by atoms with Crippen molar-refractivity contribution in [3.05, 3.63) is 34.6 Å². The zero-order valence-corrected chi connectivity index (χ0v) is 11.4. The van der Waals surface area contributed by atoms with Crippen LogP contribution in [0, 0.1) is 5.82 Å². The maximum absolute atomic E-state index is 13.5. The highest BCUT2D eigenvalue weighted by Crippen LogP contribution is 2.26. The van der Waals surface area contributed by atoms with E-state index in [0.717, 1.165) is 25.3 Å². The predicted molar refractivity (Wildman–Crippen MR) is 69.2 cm³/mol. The SMILES string of the molecule is O=C(NC1CCCC1Br)c1ccc(Cl)cc1F. The molecule has 1 N–H and O–H groups in total. The third-order valence-electron chi connectivity index (χ3n) is 2.92. The van der Waals surface area contributed by atoms with Crippen molar-refractivity contribution in [3.8, 4) is 0 Å². The van der Waals surface area contributed by atoms with Crippen LogP contribution < -0.4 is 5.32 Å². The second-order valence-electron chi connectivity index (χ2n) is 4.15. The van der Waals surface area contributed by atoms with E-state index < -0.39 is 5.82 Å². The van der Waals surface area contributed by atoms with Crippen molar-refractivity contribution in [3.63, 3.8) is 0 Å². The van der Waals surface area contributed by atoms with Crippen molar-refractivity contribution in [2.75, 3.05) is 0 Å². The van der Waals surface area contributed by atoms with Gasteiger partial charge >= 0.3 is 0 Å². The summed E-state index contributed by atoms with van der Waals surface area (Å²) < 4.78 is 13.5. The highest BCUT2D eigenvalue weighted by molar-refractivity contribution is 9.09. The third kappa shape index (κ3) is 2.99. The first-order chi connectivity index (χ1) is 8.08. The fourth-order valence-corrected chi connectivity index (χ4v) is 2.88. The molecule has 2 nitrogen and oxygen atoms in total. The van der Waals surface area contributed by atoms with E-state index in [1.54, 1.807) is 0 Å². The Labute approximate surface area is 113 Å². The molecule has 0 bridgehead atoms. The first-order valence-electron chi connectivity index (χ1n) is 5.48. The van der Waals surface area contributed by atoms with Gasteiger partial charge in [-0.2, -0.15) is 0 Å². The standard InChI is InChI=1S/C12H12BrClFNO/c13-9-2-1-3-11(9)16-12(17)8-5-4-7(14)6-10(8)15/h4-6,9,11H,1-3H2,(H,16,17). The lowest BCUT2D eigenvalue weighted by Gasteiger charge is -2.16. The van der Waals surface area contributed by atoms with Crippen LogP contribution in [0.25, 0.3) is 0 Å². The van der Waals surface area contributed by atoms with Crippen LogP contribution in [0.3, 0.4) is 0 Å². The number of hydrogen-bond donors (Lipinski definition) is 1. The van der Waals surface area contributed by atoms with E-state index in [9.17, 15) is 9.18 Å². The summed E-state index contributed by atoms with van der Waals surface area (Å²) in [7, 11) is 0. The molecule has 1 amide bonds. The van der Waals surface area contributed by atoms with Crippen molar-refractivity contribution in [2.45, 2.75) is 30.1 Å². The Morgan fingerprint density at radius 2 is 2.24 bits per heavy atom. The molecule has 0 aliphatic heterocycles. The second kappa shape index (κ2) is 5.36. The lowest BCUT2D eigenvalue weighted by Crippen LogP contribution is -2.38. The van der Waals surface area contributed by atoms with Crippen molar-refractivity contribution in [2.24, 2.45) is 0 Å². The number of alkyl halides is 1. The molecule has 5 heteroatoms. The number of carbonyl (C=O) groups excluding carboxylic acids is 1. The first-order valence-corrected chi connectivity index (χ1v) is 6.77.